The summed E-state index contributed by atoms with van der Waals surface area (Å²) >= 11 is 5.58. The molecule has 0 unspecified atom stereocenters. The van der Waals surface area contributed by atoms with Crippen molar-refractivity contribution in [1.29, 1.82) is 0 Å². The van der Waals surface area contributed by atoms with Crippen LogP contribution in [0.2, 0.25) is 5.02 Å². The first kappa shape index (κ1) is 12.9. The minimum absolute atomic E-state index is 0.133. The molecule has 1 N–H and O–H groups in total. The summed E-state index contributed by atoms with van der Waals surface area (Å²) in [6, 6.07) is 3.39. The molecule has 0 aliphatic carbocycles. The lowest BCUT2D eigenvalue weighted by Gasteiger charge is -2.03. The second kappa shape index (κ2) is 5.26. The Morgan fingerprint density at radius 1 is 1.47 bits per heavy atom. The van der Waals surface area contributed by atoms with Crippen LogP contribution in [-0.2, 0) is 9.59 Å². The zero-order valence-corrected chi connectivity index (χ0v) is 9.01. The van der Waals surface area contributed by atoms with Crippen LogP contribution in [0.1, 0.15) is 6.42 Å². The lowest BCUT2D eigenvalue weighted by Crippen LogP contribution is -2.13. The normalized spacial score (nSPS) is 9.71. The van der Waals surface area contributed by atoms with E-state index in [-0.39, 0.29) is 10.8 Å². The molecule has 17 heavy (non-hydrogen) atoms. The fourth-order valence-electron chi connectivity index (χ4n) is 1.00. The molecule has 8 heteroatoms. The van der Waals surface area contributed by atoms with Gasteiger partial charge in [0.05, 0.1) is 4.92 Å². The van der Waals surface area contributed by atoms with E-state index >= 15 is 0 Å². The number of carbonyl (C=O) groups excluding carboxylic acids is 1. The van der Waals surface area contributed by atoms with Crippen molar-refractivity contribution in [2.75, 3.05) is 0 Å². The van der Waals surface area contributed by atoms with Crippen LogP contribution in [0.3, 0.4) is 0 Å². The number of halogens is 1. The first-order chi connectivity index (χ1) is 7.90. The first-order valence-electron chi connectivity index (χ1n) is 4.26. The number of benzene rings is 1. The Balaban J connectivity index is 2.96. The number of rotatable bonds is 4. The molecule has 0 spiro atoms. The maximum atomic E-state index is 11.0. The number of hydrogen-bond acceptors (Lipinski definition) is 5. The number of carbonyl (C=O) groups is 2. The van der Waals surface area contributed by atoms with Crippen molar-refractivity contribution in [2.24, 2.45) is 0 Å². The van der Waals surface area contributed by atoms with E-state index in [4.69, 9.17) is 16.7 Å². The minimum Gasteiger partial charge on any atom is -0.481 e. The van der Waals surface area contributed by atoms with Crippen molar-refractivity contribution in [3.05, 3.63) is 33.3 Å². The summed E-state index contributed by atoms with van der Waals surface area (Å²) in [5.74, 6) is -2.88. The highest BCUT2D eigenvalue weighted by Crippen LogP contribution is 2.30. The Morgan fingerprint density at radius 3 is 2.65 bits per heavy atom. The van der Waals surface area contributed by atoms with Crippen LogP contribution in [0.25, 0.3) is 0 Å². The predicted octanol–water partition coefficient (Wildman–Crippen LogP) is 1.63. The number of carboxylic acid groups (broad SMARTS) is 1. The lowest BCUT2D eigenvalue weighted by atomic mass is 10.3. The van der Waals surface area contributed by atoms with E-state index in [0.29, 0.717) is 0 Å². The van der Waals surface area contributed by atoms with Crippen molar-refractivity contribution in [1.82, 2.24) is 0 Å². The van der Waals surface area contributed by atoms with E-state index in [9.17, 15) is 19.7 Å². The number of nitro benzene ring substituents is 1. The van der Waals surface area contributed by atoms with E-state index < -0.39 is 29.0 Å². The molecule has 1 rings (SSSR count). The van der Waals surface area contributed by atoms with Gasteiger partial charge in [0.1, 0.15) is 6.42 Å². The molecule has 0 amide bonds. The van der Waals surface area contributed by atoms with Gasteiger partial charge in [-0.15, -0.1) is 0 Å². The Kier molecular flexibility index (Phi) is 4.00. The SMILES string of the molecule is O=C(O)CC(=O)Oc1cc(Cl)ccc1[N+](=O)[O-]. The van der Waals surface area contributed by atoms with Gasteiger partial charge in [-0.25, -0.2) is 0 Å². The summed E-state index contributed by atoms with van der Waals surface area (Å²) in [6.45, 7) is 0. The van der Waals surface area contributed by atoms with Crippen LogP contribution in [0.5, 0.6) is 5.75 Å². The Labute approximate surface area is 99.7 Å². The largest absolute Gasteiger partial charge is 0.481 e. The molecule has 0 aliphatic heterocycles. The van der Waals surface area contributed by atoms with Crippen molar-refractivity contribution in [3.8, 4) is 5.75 Å². The number of ether oxygens (including phenoxy) is 1. The highest BCUT2D eigenvalue weighted by Gasteiger charge is 2.19. The van der Waals surface area contributed by atoms with Gasteiger partial charge >= 0.3 is 17.6 Å². The van der Waals surface area contributed by atoms with Crippen molar-refractivity contribution in [3.63, 3.8) is 0 Å². The molecular formula is C9H6ClNO6. The highest BCUT2D eigenvalue weighted by molar-refractivity contribution is 6.30. The number of nitrogens with zero attached hydrogens (tertiary/aromatic N) is 1. The molecule has 0 aliphatic rings. The zero-order chi connectivity index (χ0) is 13.0. The van der Waals surface area contributed by atoms with E-state index in [1.807, 2.05) is 0 Å². The highest BCUT2D eigenvalue weighted by atomic mass is 35.5. The zero-order valence-electron chi connectivity index (χ0n) is 8.25. The van der Waals surface area contributed by atoms with E-state index in [1.54, 1.807) is 0 Å². The molecule has 7 nitrogen and oxygen atoms in total. The quantitative estimate of drug-likeness (QED) is 0.289. The van der Waals surface area contributed by atoms with Crippen LogP contribution in [0, 0.1) is 10.1 Å². The summed E-state index contributed by atoms with van der Waals surface area (Å²) in [6.07, 6.45) is -0.885. The topological polar surface area (TPSA) is 107 Å². The molecular weight excluding hydrogens is 254 g/mol. The summed E-state index contributed by atoms with van der Waals surface area (Å²) in [7, 11) is 0. The van der Waals surface area contributed by atoms with Gasteiger partial charge in [-0.05, 0) is 6.07 Å². The van der Waals surface area contributed by atoms with Crippen molar-refractivity contribution in [2.45, 2.75) is 6.42 Å². The maximum Gasteiger partial charge on any atom is 0.322 e. The number of carboxylic acids is 1. The van der Waals surface area contributed by atoms with E-state index in [1.165, 1.54) is 6.07 Å². The third-order valence-electron chi connectivity index (χ3n) is 1.64. The third-order valence-corrected chi connectivity index (χ3v) is 1.87. The number of esters is 1. The molecule has 0 heterocycles. The Bertz CT molecular complexity index is 486. The number of hydrogen-bond donors (Lipinski definition) is 1. The van der Waals surface area contributed by atoms with Gasteiger partial charge in [0.25, 0.3) is 0 Å². The summed E-state index contributed by atoms with van der Waals surface area (Å²) in [5, 5.41) is 19.1. The van der Waals surface area contributed by atoms with Crippen LogP contribution in [-0.4, -0.2) is 22.0 Å². The molecule has 0 saturated carbocycles. The minimum atomic E-state index is -1.39. The predicted molar refractivity (Wildman–Crippen MR) is 56.0 cm³/mol. The first-order valence-corrected chi connectivity index (χ1v) is 4.64. The van der Waals surface area contributed by atoms with Gasteiger partial charge in [-0.1, -0.05) is 11.6 Å². The molecule has 0 saturated heterocycles. The maximum absolute atomic E-state index is 11.0. The molecule has 0 atom stereocenters. The van der Waals surface area contributed by atoms with Gasteiger partial charge in [-0.3, -0.25) is 19.7 Å². The molecule has 1 aromatic rings. The molecule has 0 radical (unpaired) electrons. The van der Waals surface area contributed by atoms with E-state index in [0.717, 1.165) is 12.1 Å². The van der Waals surface area contributed by atoms with Crippen molar-refractivity contribution < 1.29 is 24.4 Å². The van der Waals surface area contributed by atoms with Gasteiger partial charge in [0.2, 0.25) is 5.75 Å². The Morgan fingerprint density at radius 2 is 2.12 bits per heavy atom. The van der Waals surface area contributed by atoms with Gasteiger partial charge in [0.15, 0.2) is 0 Å². The van der Waals surface area contributed by atoms with Crippen molar-refractivity contribution >= 4 is 29.2 Å². The molecule has 0 bridgehead atoms. The van der Waals surface area contributed by atoms with Crippen LogP contribution >= 0.6 is 11.6 Å². The van der Waals surface area contributed by atoms with Gasteiger partial charge < -0.3 is 9.84 Å². The average molecular weight is 260 g/mol. The fourth-order valence-corrected chi connectivity index (χ4v) is 1.16. The van der Waals surface area contributed by atoms with Crippen LogP contribution in [0.15, 0.2) is 18.2 Å². The second-order valence-electron chi connectivity index (χ2n) is 2.91. The fraction of sp³-hybridized carbons (Fsp3) is 0.111. The van der Waals surface area contributed by atoms with Crippen LogP contribution < -0.4 is 4.74 Å². The lowest BCUT2D eigenvalue weighted by molar-refractivity contribution is -0.385. The molecule has 0 aromatic heterocycles. The summed E-state index contributed by atoms with van der Waals surface area (Å²) in [4.78, 5) is 31.1. The molecule has 1 aromatic carbocycles. The smallest absolute Gasteiger partial charge is 0.322 e. The van der Waals surface area contributed by atoms with Gasteiger partial charge in [0, 0.05) is 17.2 Å². The molecule has 90 valence electrons. The van der Waals surface area contributed by atoms with Gasteiger partial charge in [-0.2, -0.15) is 0 Å². The number of nitro groups is 1. The average Bonchev–Trinajstić information content (AvgIpc) is 2.15. The Hall–Kier alpha value is -2.15. The third kappa shape index (κ3) is 3.72. The summed E-state index contributed by atoms with van der Waals surface area (Å²) in [5.41, 5.74) is -0.465. The van der Waals surface area contributed by atoms with Crippen LogP contribution in [0.4, 0.5) is 5.69 Å². The monoisotopic (exact) mass is 259 g/mol. The standard InChI is InChI=1S/C9H6ClNO6/c10-5-1-2-6(11(15)16)7(3-5)17-9(14)4-8(12)13/h1-3H,4H2,(H,12,13). The number of aliphatic carboxylic acids is 1. The van der Waals surface area contributed by atoms with E-state index in [2.05, 4.69) is 4.74 Å². The second-order valence-corrected chi connectivity index (χ2v) is 3.35. The summed E-state index contributed by atoms with van der Waals surface area (Å²) < 4.78 is 4.55. The molecule has 0 fully saturated rings.